The largest absolute Gasteiger partial charge is 0.298 e. The van der Waals surface area contributed by atoms with Crippen molar-refractivity contribution in [2.24, 2.45) is 0 Å². The predicted octanol–water partition coefficient (Wildman–Crippen LogP) is 4.06. The summed E-state index contributed by atoms with van der Waals surface area (Å²) in [5.74, 6) is 0. The second kappa shape index (κ2) is 5.21. The van der Waals surface area contributed by atoms with E-state index in [-0.39, 0.29) is 0 Å². The zero-order valence-electron chi connectivity index (χ0n) is 10.4. The third-order valence-electron chi connectivity index (χ3n) is 2.42. The van der Waals surface area contributed by atoms with Crippen molar-refractivity contribution in [1.29, 1.82) is 0 Å². The lowest BCUT2D eigenvalue weighted by molar-refractivity contribution is 0.112. The molecule has 86 valence electrons. The number of nitrogens with zero attached hydrogens (tertiary/aromatic N) is 1. The molecule has 0 saturated carbocycles. The molecule has 2 aromatic rings. The Balaban J connectivity index is 0.000000606. The average molecular weight is 235 g/mol. The van der Waals surface area contributed by atoms with E-state index in [0.29, 0.717) is 0 Å². The minimum Gasteiger partial charge on any atom is -0.298 e. The van der Waals surface area contributed by atoms with Crippen LogP contribution in [-0.2, 0) is 0 Å². The minimum atomic E-state index is 0.732. The molecule has 0 unspecified atom stereocenters. The number of carbonyl (C=O) groups excluding carboxylic acids is 1. The van der Waals surface area contributed by atoms with Gasteiger partial charge in [-0.3, -0.25) is 4.79 Å². The first kappa shape index (κ1) is 12.8. The summed E-state index contributed by atoms with van der Waals surface area (Å²) in [6.07, 6.45) is 0.893. The quantitative estimate of drug-likeness (QED) is 0.698. The van der Waals surface area contributed by atoms with E-state index in [4.69, 9.17) is 0 Å². The number of carbonyl (C=O) groups is 1. The second-order valence-electron chi connectivity index (χ2n) is 3.43. The molecule has 16 heavy (non-hydrogen) atoms. The van der Waals surface area contributed by atoms with Crippen LogP contribution in [0.3, 0.4) is 0 Å². The first-order valence-corrected chi connectivity index (χ1v) is 6.27. The van der Waals surface area contributed by atoms with Crippen molar-refractivity contribution in [3.63, 3.8) is 0 Å². The zero-order valence-corrected chi connectivity index (χ0v) is 11.2. The normalized spacial score (nSPS) is 9.81. The molecule has 3 heteroatoms. The summed E-state index contributed by atoms with van der Waals surface area (Å²) in [5.41, 5.74) is 2.61. The molecule has 0 radical (unpaired) electrons. The van der Waals surface area contributed by atoms with Crippen LogP contribution in [0.2, 0.25) is 0 Å². The molecule has 2 heterocycles. The van der Waals surface area contributed by atoms with Crippen LogP contribution in [-0.4, -0.2) is 11.3 Å². The summed E-state index contributed by atoms with van der Waals surface area (Å²) < 4.78 is 0. The Morgan fingerprint density at radius 1 is 1.25 bits per heavy atom. The van der Waals surface area contributed by atoms with Gasteiger partial charge in [-0.25, -0.2) is 4.98 Å². The summed E-state index contributed by atoms with van der Waals surface area (Å²) in [4.78, 5) is 17.5. The molecule has 0 atom stereocenters. The first-order chi connectivity index (χ1) is 7.63. The van der Waals surface area contributed by atoms with Gasteiger partial charge < -0.3 is 0 Å². The third-order valence-corrected chi connectivity index (χ3v) is 3.36. The number of pyridine rings is 1. The molecule has 0 N–H and O–H groups in total. The van der Waals surface area contributed by atoms with Gasteiger partial charge in [-0.05, 0) is 32.4 Å². The van der Waals surface area contributed by atoms with Crippen LogP contribution in [0.4, 0.5) is 0 Å². The third kappa shape index (κ3) is 2.14. The van der Waals surface area contributed by atoms with Crippen LogP contribution in [0, 0.1) is 20.8 Å². The van der Waals surface area contributed by atoms with Crippen molar-refractivity contribution in [1.82, 2.24) is 4.98 Å². The summed E-state index contributed by atoms with van der Waals surface area (Å²) in [6.45, 7) is 9.92. The molecule has 0 bridgehead atoms. The Bertz CT molecular complexity index is 514. The number of rotatable bonds is 1. The molecule has 2 aromatic heterocycles. The fourth-order valence-electron chi connectivity index (χ4n) is 1.66. The molecule has 0 aliphatic heterocycles. The summed E-state index contributed by atoms with van der Waals surface area (Å²) in [6, 6.07) is 2.09. The number of aromatic nitrogens is 1. The fraction of sp³-hybridized carbons (Fsp3) is 0.385. The van der Waals surface area contributed by atoms with Gasteiger partial charge in [0.25, 0.3) is 0 Å². The van der Waals surface area contributed by atoms with Gasteiger partial charge in [0.15, 0.2) is 6.29 Å². The molecule has 2 rings (SSSR count). The van der Waals surface area contributed by atoms with Crippen LogP contribution >= 0.6 is 11.3 Å². The topological polar surface area (TPSA) is 30.0 Å². The lowest BCUT2D eigenvalue weighted by Crippen LogP contribution is -1.94. The first-order valence-electron chi connectivity index (χ1n) is 5.46. The number of fused-ring (bicyclic) bond motifs is 1. The molecule has 0 amide bonds. The molecule has 0 fully saturated rings. The van der Waals surface area contributed by atoms with Crippen LogP contribution in [0.5, 0.6) is 0 Å². The lowest BCUT2D eigenvalue weighted by atomic mass is 10.1. The number of aldehydes is 1. The molecule has 0 saturated heterocycles. The van der Waals surface area contributed by atoms with E-state index in [9.17, 15) is 4.79 Å². The van der Waals surface area contributed by atoms with E-state index in [0.717, 1.165) is 33.3 Å². The van der Waals surface area contributed by atoms with Gasteiger partial charge in [-0.1, -0.05) is 13.8 Å². The van der Waals surface area contributed by atoms with Gasteiger partial charge in [0.2, 0.25) is 0 Å². The highest BCUT2D eigenvalue weighted by Crippen LogP contribution is 2.28. The Hall–Kier alpha value is -1.22. The van der Waals surface area contributed by atoms with Crippen LogP contribution in [0.15, 0.2) is 6.07 Å². The lowest BCUT2D eigenvalue weighted by Gasteiger charge is -2.02. The van der Waals surface area contributed by atoms with E-state index in [2.05, 4.69) is 18.0 Å². The van der Waals surface area contributed by atoms with Gasteiger partial charge in [-0.2, -0.15) is 0 Å². The Kier molecular flexibility index (Phi) is 4.19. The van der Waals surface area contributed by atoms with Crippen molar-refractivity contribution in [2.75, 3.05) is 0 Å². The summed E-state index contributed by atoms with van der Waals surface area (Å²) in [7, 11) is 0. The number of hydrogen-bond donors (Lipinski definition) is 0. The van der Waals surface area contributed by atoms with Gasteiger partial charge in [-0.15, -0.1) is 11.3 Å². The maximum absolute atomic E-state index is 10.9. The van der Waals surface area contributed by atoms with E-state index < -0.39 is 0 Å². The second-order valence-corrected chi connectivity index (χ2v) is 4.66. The number of thiophene rings is 1. The maximum atomic E-state index is 10.9. The molecule has 0 spiro atoms. The van der Waals surface area contributed by atoms with Crippen molar-refractivity contribution in [3.8, 4) is 0 Å². The van der Waals surface area contributed by atoms with E-state index in [1.807, 2.05) is 27.7 Å². The number of aryl methyl sites for hydroxylation is 3. The highest BCUT2D eigenvalue weighted by atomic mass is 32.1. The van der Waals surface area contributed by atoms with Crippen molar-refractivity contribution < 1.29 is 4.79 Å². The SMILES string of the molecule is CC.Cc1cc2c(C)c(C=O)c(C)nc2s1. The van der Waals surface area contributed by atoms with E-state index >= 15 is 0 Å². The molecule has 0 aromatic carbocycles. The maximum Gasteiger partial charge on any atom is 0.152 e. The standard InChI is InChI=1S/C11H11NOS.C2H6/c1-6-4-9-7(2)10(5-13)8(3)12-11(9)14-6;1-2/h4-5H,1-3H3;1-2H3. The molecule has 0 aliphatic rings. The van der Waals surface area contributed by atoms with Crippen molar-refractivity contribution >= 4 is 27.8 Å². The average Bonchev–Trinajstić information content (AvgIpc) is 2.63. The summed E-state index contributed by atoms with van der Waals surface area (Å²) >= 11 is 1.67. The van der Waals surface area contributed by atoms with Gasteiger partial charge in [0.1, 0.15) is 4.83 Å². The molecular weight excluding hydrogens is 218 g/mol. The Labute approximate surface area is 100 Å². The fourth-order valence-corrected chi connectivity index (χ4v) is 2.64. The Morgan fingerprint density at radius 3 is 2.44 bits per heavy atom. The zero-order chi connectivity index (χ0) is 12.3. The van der Waals surface area contributed by atoms with Gasteiger partial charge in [0, 0.05) is 21.5 Å². The monoisotopic (exact) mass is 235 g/mol. The number of hydrogen-bond acceptors (Lipinski definition) is 3. The van der Waals surface area contributed by atoms with Crippen molar-refractivity contribution in [2.45, 2.75) is 34.6 Å². The minimum absolute atomic E-state index is 0.732. The van der Waals surface area contributed by atoms with E-state index in [1.165, 1.54) is 4.88 Å². The van der Waals surface area contributed by atoms with E-state index in [1.54, 1.807) is 11.3 Å². The summed E-state index contributed by atoms with van der Waals surface area (Å²) in [5, 5.41) is 1.11. The van der Waals surface area contributed by atoms with Crippen LogP contribution in [0.25, 0.3) is 10.2 Å². The van der Waals surface area contributed by atoms with Crippen molar-refractivity contribution in [3.05, 3.63) is 27.8 Å². The molecule has 2 nitrogen and oxygen atoms in total. The molecular formula is C13H17NOS. The van der Waals surface area contributed by atoms with Gasteiger partial charge >= 0.3 is 0 Å². The highest BCUT2D eigenvalue weighted by molar-refractivity contribution is 7.18. The highest BCUT2D eigenvalue weighted by Gasteiger charge is 2.10. The Morgan fingerprint density at radius 2 is 1.88 bits per heavy atom. The smallest absolute Gasteiger partial charge is 0.152 e. The van der Waals surface area contributed by atoms with Crippen LogP contribution in [0.1, 0.15) is 40.3 Å². The van der Waals surface area contributed by atoms with Crippen LogP contribution < -0.4 is 0 Å². The van der Waals surface area contributed by atoms with Gasteiger partial charge in [0.05, 0.1) is 0 Å². The predicted molar refractivity (Wildman–Crippen MR) is 70.6 cm³/mol. The molecule has 0 aliphatic carbocycles.